The van der Waals surface area contributed by atoms with E-state index in [0.717, 1.165) is 16.9 Å². The highest BCUT2D eigenvalue weighted by molar-refractivity contribution is 5.87. The molecule has 0 fully saturated rings. The van der Waals surface area contributed by atoms with Crippen LogP contribution >= 0.6 is 0 Å². The van der Waals surface area contributed by atoms with Gasteiger partial charge in [-0.15, -0.1) is 0 Å². The van der Waals surface area contributed by atoms with Crippen molar-refractivity contribution >= 4 is 11.8 Å². The van der Waals surface area contributed by atoms with Gasteiger partial charge in [-0.25, -0.2) is 0 Å². The molecule has 1 atom stereocenters. The molecule has 2 rings (SSSR count). The van der Waals surface area contributed by atoms with Crippen molar-refractivity contribution in [1.29, 1.82) is 0 Å². The summed E-state index contributed by atoms with van der Waals surface area (Å²) in [5.74, 6) is 0.502. The SMILES string of the molecule is CCC(=O)N(Cc1cccc(OC)c1)C(Cc1ccccc1)C(=O)NC. The highest BCUT2D eigenvalue weighted by Gasteiger charge is 2.28. The van der Waals surface area contributed by atoms with E-state index in [4.69, 9.17) is 4.74 Å². The van der Waals surface area contributed by atoms with Gasteiger partial charge in [-0.3, -0.25) is 9.59 Å². The van der Waals surface area contributed by atoms with Gasteiger partial charge in [0.2, 0.25) is 11.8 Å². The first-order valence-corrected chi connectivity index (χ1v) is 8.77. The second-order valence-electron chi connectivity index (χ2n) is 6.05. The predicted molar refractivity (Wildman–Crippen MR) is 102 cm³/mol. The van der Waals surface area contributed by atoms with Crippen molar-refractivity contribution in [3.05, 3.63) is 65.7 Å². The highest BCUT2D eigenvalue weighted by Crippen LogP contribution is 2.18. The zero-order chi connectivity index (χ0) is 18.9. The molecule has 2 aromatic rings. The zero-order valence-corrected chi connectivity index (χ0v) is 15.6. The molecule has 0 aromatic heterocycles. The Morgan fingerprint density at radius 2 is 1.77 bits per heavy atom. The minimum atomic E-state index is -0.568. The van der Waals surface area contributed by atoms with Gasteiger partial charge in [-0.05, 0) is 23.3 Å². The number of rotatable bonds is 8. The fourth-order valence-corrected chi connectivity index (χ4v) is 2.89. The first-order chi connectivity index (χ1) is 12.6. The molecule has 0 saturated heterocycles. The first kappa shape index (κ1) is 19.5. The minimum absolute atomic E-state index is 0.0580. The lowest BCUT2D eigenvalue weighted by molar-refractivity contribution is -0.140. The third-order valence-corrected chi connectivity index (χ3v) is 4.31. The normalized spacial score (nSPS) is 11.5. The number of methoxy groups -OCH3 is 1. The average Bonchev–Trinajstić information content (AvgIpc) is 2.70. The second-order valence-corrected chi connectivity index (χ2v) is 6.05. The van der Waals surface area contributed by atoms with Gasteiger partial charge in [0.15, 0.2) is 0 Å². The van der Waals surface area contributed by atoms with Crippen molar-refractivity contribution < 1.29 is 14.3 Å². The van der Waals surface area contributed by atoms with Crippen LogP contribution in [0.2, 0.25) is 0 Å². The Morgan fingerprint density at radius 1 is 1.08 bits per heavy atom. The molecule has 1 unspecified atom stereocenters. The monoisotopic (exact) mass is 354 g/mol. The molecule has 5 nitrogen and oxygen atoms in total. The Labute approximate surface area is 155 Å². The van der Waals surface area contributed by atoms with E-state index in [2.05, 4.69) is 5.32 Å². The molecular formula is C21H26N2O3. The Morgan fingerprint density at radius 3 is 2.38 bits per heavy atom. The number of likely N-dealkylation sites (N-methyl/N-ethyl adjacent to an activating group) is 1. The molecule has 0 radical (unpaired) electrons. The van der Waals surface area contributed by atoms with E-state index in [1.54, 1.807) is 19.1 Å². The quantitative estimate of drug-likeness (QED) is 0.793. The number of ether oxygens (including phenoxy) is 1. The van der Waals surface area contributed by atoms with E-state index in [9.17, 15) is 9.59 Å². The molecule has 0 spiro atoms. The fraction of sp³-hybridized carbons (Fsp3) is 0.333. The third kappa shape index (κ3) is 5.09. The van der Waals surface area contributed by atoms with Crippen molar-refractivity contribution in [2.75, 3.05) is 14.2 Å². The molecule has 0 aliphatic rings. The van der Waals surface area contributed by atoms with Crippen molar-refractivity contribution in [2.24, 2.45) is 0 Å². The maximum absolute atomic E-state index is 12.6. The fourth-order valence-electron chi connectivity index (χ4n) is 2.89. The van der Waals surface area contributed by atoms with E-state index < -0.39 is 6.04 Å². The smallest absolute Gasteiger partial charge is 0.242 e. The van der Waals surface area contributed by atoms with Crippen LogP contribution in [0.3, 0.4) is 0 Å². The molecule has 138 valence electrons. The molecule has 1 N–H and O–H groups in total. The summed E-state index contributed by atoms with van der Waals surface area (Å²) < 4.78 is 5.27. The molecular weight excluding hydrogens is 328 g/mol. The van der Waals surface area contributed by atoms with Crippen LogP contribution in [0.4, 0.5) is 0 Å². The van der Waals surface area contributed by atoms with Crippen LogP contribution in [0.15, 0.2) is 54.6 Å². The van der Waals surface area contributed by atoms with Crippen LogP contribution in [-0.2, 0) is 22.6 Å². The number of nitrogens with zero attached hydrogens (tertiary/aromatic N) is 1. The molecule has 2 aromatic carbocycles. The van der Waals surface area contributed by atoms with Crippen LogP contribution in [0, 0.1) is 0 Å². The Balaban J connectivity index is 2.32. The number of hydrogen-bond acceptors (Lipinski definition) is 3. The molecule has 26 heavy (non-hydrogen) atoms. The Bertz CT molecular complexity index is 731. The van der Waals surface area contributed by atoms with Gasteiger partial charge in [-0.2, -0.15) is 0 Å². The molecule has 0 aliphatic heterocycles. The lowest BCUT2D eigenvalue weighted by Gasteiger charge is -2.31. The van der Waals surface area contributed by atoms with Crippen LogP contribution in [0.5, 0.6) is 5.75 Å². The lowest BCUT2D eigenvalue weighted by atomic mass is 10.0. The second kappa shape index (κ2) is 9.61. The van der Waals surface area contributed by atoms with E-state index in [1.165, 1.54) is 0 Å². The Kier molecular flexibility index (Phi) is 7.21. The van der Waals surface area contributed by atoms with Crippen molar-refractivity contribution in [3.8, 4) is 5.75 Å². The topological polar surface area (TPSA) is 58.6 Å². The lowest BCUT2D eigenvalue weighted by Crippen LogP contribution is -2.49. The number of carbonyl (C=O) groups is 2. The standard InChI is InChI=1S/C21H26N2O3/c1-4-20(24)23(15-17-11-8-12-18(13-17)26-3)19(21(25)22-2)14-16-9-6-5-7-10-16/h5-13,19H,4,14-15H2,1-3H3,(H,22,25). The Hall–Kier alpha value is -2.82. The first-order valence-electron chi connectivity index (χ1n) is 8.77. The number of amides is 2. The van der Waals surface area contributed by atoms with E-state index in [1.807, 2.05) is 61.5 Å². The predicted octanol–water partition coefficient (Wildman–Crippen LogP) is 2.79. The van der Waals surface area contributed by atoms with Gasteiger partial charge < -0.3 is 15.0 Å². The van der Waals surface area contributed by atoms with Crippen LogP contribution < -0.4 is 10.1 Å². The summed E-state index contributed by atoms with van der Waals surface area (Å²) in [5, 5.41) is 2.70. The van der Waals surface area contributed by atoms with Gasteiger partial charge in [0.05, 0.1) is 7.11 Å². The molecule has 0 bridgehead atoms. The molecule has 0 aliphatic carbocycles. The molecule has 5 heteroatoms. The number of carbonyl (C=O) groups excluding carboxylic acids is 2. The average molecular weight is 354 g/mol. The largest absolute Gasteiger partial charge is 0.497 e. The number of hydrogen-bond donors (Lipinski definition) is 1. The third-order valence-electron chi connectivity index (χ3n) is 4.31. The van der Waals surface area contributed by atoms with Gasteiger partial charge in [0.1, 0.15) is 11.8 Å². The van der Waals surface area contributed by atoms with Crippen LogP contribution in [0.1, 0.15) is 24.5 Å². The summed E-state index contributed by atoms with van der Waals surface area (Å²) in [6.07, 6.45) is 0.808. The summed E-state index contributed by atoms with van der Waals surface area (Å²) in [6.45, 7) is 2.17. The van der Waals surface area contributed by atoms with E-state index in [0.29, 0.717) is 19.4 Å². The molecule has 0 heterocycles. The van der Waals surface area contributed by atoms with E-state index in [-0.39, 0.29) is 11.8 Å². The summed E-state index contributed by atoms with van der Waals surface area (Å²) in [4.78, 5) is 26.9. The van der Waals surface area contributed by atoms with Gasteiger partial charge in [0, 0.05) is 26.4 Å². The minimum Gasteiger partial charge on any atom is -0.497 e. The highest BCUT2D eigenvalue weighted by atomic mass is 16.5. The van der Waals surface area contributed by atoms with Crippen molar-refractivity contribution in [3.63, 3.8) is 0 Å². The number of nitrogens with one attached hydrogen (secondary N) is 1. The van der Waals surface area contributed by atoms with Crippen LogP contribution in [0.25, 0.3) is 0 Å². The van der Waals surface area contributed by atoms with Gasteiger partial charge >= 0.3 is 0 Å². The maximum atomic E-state index is 12.6. The van der Waals surface area contributed by atoms with E-state index >= 15 is 0 Å². The summed E-state index contributed by atoms with van der Waals surface area (Å²) in [5.41, 5.74) is 1.94. The summed E-state index contributed by atoms with van der Waals surface area (Å²) >= 11 is 0. The zero-order valence-electron chi connectivity index (χ0n) is 15.6. The molecule has 2 amide bonds. The summed E-state index contributed by atoms with van der Waals surface area (Å²) in [6, 6.07) is 16.7. The number of benzene rings is 2. The van der Waals surface area contributed by atoms with Crippen molar-refractivity contribution in [1.82, 2.24) is 10.2 Å². The maximum Gasteiger partial charge on any atom is 0.242 e. The van der Waals surface area contributed by atoms with Crippen LogP contribution in [-0.4, -0.2) is 36.9 Å². The summed E-state index contributed by atoms with van der Waals surface area (Å²) in [7, 11) is 3.21. The van der Waals surface area contributed by atoms with Gasteiger partial charge in [-0.1, -0.05) is 49.4 Å². The van der Waals surface area contributed by atoms with Gasteiger partial charge in [0.25, 0.3) is 0 Å². The molecule has 0 saturated carbocycles. The van der Waals surface area contributed by atoms with Crippen molar-refractivity contribution in [2.45, 2.75) is 32.4 Å².